The molecular weight excluding hydrogens is 314 g/mol. The van der Waals surface area contributed by atoms with Crippen molar-refractivity contribution in [3.8, 4) is 0 Å². The highest BCUT2D eigenvalue weighted by molar-refractivity contribution is 5.82. The number of hydrogen-bond acceptors (Lipinski definition) is 3. The number of carbonyl (C=O) groups excluding carboxylic acids is 2. The Balaban J connectivity index is 1.58. The monoisotopic (exact) mass is 349 g/mol. The van der Waals surface area contributed by atoms with Crippen molar-refractivity contribution in [2.45, 2.75) is 58.9 Å². The molecule has 0 aromatic heterocycles. The van der Waals surface area contributed by atoms with E-state index in [0.29, 0.717) is 17.7 Å². The maximum atomic E-state index is 13.0. The third-order valence-electron chi connectivity index (χ3n) is 6.31. The highest BCUT2D eigenvalue weighted by Crippen LogP contribution is 2.25. The first-order valence-corrected chi connectivity index (χ1v) is 10.3. The van der Waals surface area contributed by atoms with Gasteiger partial charge in [-0.05, 0) is 57.4 Å². The summed E-state index contributed by atoms with van der Waals surface area (Å²) in [5.41, 5.74) is 0. The van der Waals surface area contributed by atoms with Gasteiger partial charge in [-0.3, -0.25) is 14.5 Å². The second kappa shape index (κ2) is 8.07. The number of amides is 2. The summed E-state index contributed by atoms with van der Waals surface area (Å²) >= 11 is 0. The van der Waals surface area contributed by atoms with Crippen LogP contribution in [0.5, 0.6) is 0 Å². The van der Waals surface area contributed by atoms with Gasteiger partial charge >= 0.3 is 0 Å². The maximum Gasteiger partial charge on any atom is 0.239 e. The smallest absolute Gasteiger partial charge is 0.239 e. The zero-order valence-corrected chi connectivity index (χ0v) is 16.2. The van der Waals surface area contributed by atoms with Crippen molar-refractivity contribution in [1.82, 2.24) is 14.7 Å². The average molecular weight is 350 g/mol. The topological polar surface area (TPSA) is 43.9 Å². The SMILES string of the molecule is CC1CC(C)CN(C(=O)C(C)N2CCCC(C(=O)N3CCCC3)C2)C1. The molecule has 0 spiro atoms. The second-order valence-electron chi connectivity index (χ2n) is 8.73. The summed E-state index contributed by atoms with van der Waals surface area (Å²) in [5.74, 6) is 1.84. The zero-order valence-electron chi connectivity index (χ0n) is 16.2. The van der Waals surface area contributed by atoms with E-state index >= 15 is 0 Å². The average Bonchev–Trinajstić information content (AvgIpc) is 3.13. The Labute approximate surface area is 152 Å². The standard InChI is InChI=1S/C20H35N3O2/c1-15-11-16(2)13-23(12-15)19(24)17(3)22-10-6-7-18(14-22)20(25)21-8-4-5-9-21/h15-18H,4-14H2,1-3H3. The lowest BCUT2D eigenvalue weighted by Crippen LogP contribution is -2.54. The first kappa shape index (κ1) is 18.7. The Morgan fingerprint density at radius 1 is 0.880 bits per heavy atom. The molecule has 3 rings (SSSR count). The van der Waals surface area contributed by atoms with Gasteiger partial charge in [0.2, 0.25) is 11.8 Å². The van der Waals surface area contributed by atoms with Crippen LogP contribution in [0.4, 0.5) is 0 Å². The van der Waals surface area contributed by atoms with Crippen LogP contribution in [0.1, 0.15) is 52.9 Å². The first-order chi connectivity index (χ1) is 12.0. The van der Waals surface area contributed by atoms with Crippen molar-refractivity contribution in [3.05, 3.63) is 0 Å². The van der Waals surface area contributed by atoms with Gasteiger partial charge in [0, 0.05) is 32.7 Å². The van der Waals surface area contributed by atoms with Crippen LogP contribution in [0.25, 0.3) is 0 Å². The highest BCUT2D eigenvalue weighted by atomic mass is 16.2. The number of rotatable bonds is 3. The molecule has 0 bridgehead atoms. The first-order valence-electron chi connectivity index (χ1n) is 10.3. The maximum absolute atomic E-state index is 13.0. The van der Waals surface area contributed by atoms with Gasteiger partial charge in [-0.1, -0.05) is 13.8 Å². The summed E-state index contributed by atoms with van der Waals surface area (Å²) in [4.78, 5) is 32.1. The molecule has 0 N–H and O–H groups in total. The predicted octanol–water partition coefficient (Wildman–Crippen LogP) is 2.21. The Bertz CT molecular complexity index is 479. The molecule has 0 radical (unpaired) electrons. The Hall–Kier alpha value is -1.10. The van der Waals surface area contributed by atoms with E-state index in [9.17, 15) is 9.59 Å². The Morgan fingerprint density at radius 3 is 2.16 bits per heavy atom. The molecule has 3 aliphatic heterocycles. The number of nitrogens with zero attached hydrogens (tertiary/aromatic N) is 3. The largest absolute Gasteiger partial charge is 0.342 e. The molecule has 0 aromatic carbocycles. The van der Waals surface area contributed by atoms with E-state index in [1.165, 1.54) is 6.42 Å². The van der Waals surface area contributed by atoms with E-state index in [-0.39, 0.29) is 17.9 Å². The summed E-state index contributed by atoms with van der Waals surface area (Å²) in [7, 11) is 0. The molecule has 3 saturated heterocycles. The molecule has 2 amide bonds. The van der Waals surface area contributed by atoms with Crippen LogP contribution >= 0.6 is 0 Å². The van der Waals surface area contributed by atoms with Crippen LogP contribution in [-0.4, -0.2) is 71.8 Å². The van der Waals surface area contributed by atoms with Crippen LogP contribution < -0.4 is 0 Å². The van der Waals surface area contributed by atoms with E-state index in [4.69, 9.17) is 0 Å². The lowest BCUT2D eigenvalue weighted by molar-refractivity contribution is -0.143. The Morgan fingerprint density at radius 2 is 1.52 bits per heavy atom. The fraction of sp³-hybridized carbons (Fsp3) is 0.900. The van der Waals surface area contributed by atoms with Crippen LogP contribution in [0.15, 0.2) is 0 Å². The summed E-state index contributed by atoms with van der Waals surface area (Å²) in [6, 6.07) is -0.105. The van der Waals surface area contributed by atoms with E-state index in [1.54, 1.807) is 0 Å². The normalized spacial score (nSPS) is 32.7. The molecule has 0 saturated carbocycles. The molecule has 4 atom stereocenters. The molecule has 25 heavy (non-hydrogen) atoms. The van der Waals surface area contributed by atoms with E-state index in [1.807, 2.05) is 11.8 Å². The summed E-state index contributed by atoms with van der Waals surface area (Å²) in [5, 5.41) is 0. The number of likely N-dealkylation sites (tertiary alicyclic amines) is 3. The van der Waals surface area contributed by atoms with Crippen molar-refractivity contribution in [3.63, 3.8) is 0 Å². The molecule has 3 aliphatic rings. The van der Waals surface area contributed by atoms with Gasteiger partial charge in [-0.2, -0.15) is 0 Å². The van der Waals surface area contributed by atoms with E-state index < -0.39 is 0 Å². The minimum Gasteiger partial charge on any atom is -0.342 e. The van der Waals surface area contributed by atoms with Gasteiger partial charge in [0.15, 0.2) is 0 Å². The minimum atomic E-state index is -0.105. The van der Waals surface area contributed by atoms with Crippen molar-refractivity contribution in [1.29, 1.82) is 0 Å². The molecule has 5 nitrogen and oxygen atoms in total. The molecule has 3 fully saturated rings. The number of carbonyl (C=O) groups is 2. The van der Waals surface area contributed by atoms with E-state index in [0.717, 1.165) is 65.0 Å². The fourth-order valence-corrected chi connectivity index (χ4v) is 5.02. The van der Waals surface area contributed by atoms with Gasteiger partial charge in [0.1, 0.15) is 0 Å². The lowest BCUT2D eigenvalue weighted by atomic mass is 9.91. The van der Waals surface area contributed by atoms with Crippen LogP contribution in [-0.2, 0) is 9.59 Å². The highest BCUT2D eigenvalue weighted by Gasteiger charge is 2.36. The number of hydrogen-bond donors (Lipinski definition) is 0. The lowest BCUT2D eigenvalue weighted by Gasteiger charge is -2.41. The molecule has 5 heteroatoms. The summed E-state index contributed by atoms with van der Waals surface area (Å²) in [6.45, 7) is 11.8. The second-order valence-corrected chi connectivity index (χ2v) is 8.73. The molecule has 0 aliphatic carbocycles. The van der Waals surface area contributed by atoms with Crippen LogP contribution in [0.3, 0.4) is 0 Å². The quantitative estimate of drug-likeness (QED) is 0.785. The molecule has 142 valence electrons. The van der Waals surface area contributed by atoms with Gasteiger partial charge in [-0.15, -0.1) is 0 Å². The van der Waals surface area contributed by atoms with Crippen molar-refractivity contribution >= 4 is 11.8 Å². The molecule has 3 heterocycles. The zero-order chi connectivity index (χ0) is 18.0. The Kier molecular flexibility index (Phi) is 6.03. The molecule has 4 unspecified atom stereocenters. The number of piperidine rings is 2. The van der Waals surface area contributed by atoms with Crippen molar-refractivity contribution < 1.29 is 9.59 Å². The molecule has 0 aromatic rings. The summed E-state index contributed by atoms with van der Waals surface area (Å²) < 4.78 is 0. The van der Waals surface area contributed by atoms with Crippen molar-refractivity contribution in [2.24, 2.45) is 17.8 Å². The molecular formula is C20H35N3O2. The summed E-state index contributed by atoms with van der Waals surface area (Å²) in [6.07, 6.45) is 5.50. The van der Waals surface area contributed by atoms with E-state index in [2.05, 4.69) is 23.6 Å². The van der Waals surface area contributed by atoms with Gasteiger partial charge in [0.25, 0.3) is 0 Å². The fourth-order valence-electron chi connectivity index (χ4n) is 5.02. The van der Waals surface area contributed by atoms with Gasteiger partial charge in [0.05, 0.1) is 12.0 Å². The minimum absolute atomic E-state index is 0.0845. The third-order valence-corrected chi connectivity index (χ3v) is 6.31. The van der Waals surface area contributed by atoms with Crippen molar-refractivity contribution in [2.75, 3.05) is 39.3 Å². The van der Waals surface area contributed by atoms with Crippen LogP contribution in [0.2, 0.25) is 0 Å². The third kappa shape index (κ3) is 4.36. The van der Waals surface area contributed by atoms with Gasteiger partial charge in [-0.25, -0.2) is 0 Å². The van der Waals surface area contributed by atoms with Crippen LogP contribution in [0, 0.1) is 17.8 Å². The van der Waals surface area contributed by atoms with Gasteiger partial charge < -0.3 is 9.80 Å². The predicted molar refractivity (Wildman–Crippen MR) is 99.1 cm³/mol.